The van der Waals surface area contributed by atoms with Crippen LogP contribution in [0.5, 0.6) is 0 Å². The minimum absolute atomic E-state index is 0.0724. The number of benzene rings is 1. The fraction of sp³-hybridized carbons (Fsp3) is 0.444. The van der Waals surface area contributed by atoms with Crippen molar-refractivity contribution >= 4 is 17.7 Å². The van der Waals surface area contributed by atoms with E-state index >= 15 is 0 Å². The normalized spacial score (nSPS) is 15.7. The van der Waals surface area contributed by atoms with Crippen LogP contribution in [0.25, 0.3) is 0 Å². The molecule has 0 atom stereocenters. The molecule has 3 rings (SSSR count). The Balaban J connectivity index is 1.68. The Morgan fingerprint density at radius 1 is 1.38 bits per heavy atom. The van der Waals surface area contributed by atoms with Gasteiger partial charge in [0.25, 0.3) is 5.91 Å². The van der Waals surface area contributed by atoms with Gasteiger partial charge < -0.3 is 14.5 Å². The maximum atomic E-state index is 12.8. The van der Waals surface area contributed by atoms with E-state index in [-0.39, 0.29) is 12.5 Å². The molecule has 6 heteroatoms. The number of likely N-dealkylation sites (tertiary alicyclic amines) is 1. The summed E-state index contributed by atoms with van der Waals surface area (Å²) in [5.41, 5.74) is 1.60. The summed E-state index contributed by atoms with van der Waals surface area (Å²) in [5.74, 6) is 1.86. The molecule has 2 aromatic rings. The number of amides is 1. The molecule has 1 N–H and O–H groups in total. The van der Waals surface area contributed by atoms with Crippen LogP contribution >= 0.6 is 11.8 Å². The number of nitrogens with zero attached hydrogens (tertiary/aromatic N) is 2. The fourth-order valence-corrected chi connectivity index (χ4v) is 3.81. The van der Waals surface area contributed by atoms with Crippen molar-refractivity contribution in [1.29, 1.82) is 0 Å². The van der Waals surface area contributed by atoms with E-state index in [1.807, 2.05) is 42.2 Å². The molecule has 1 fully saturated rings. The van der Waals surface area contributed by atoms with Crippen molar-refractivity contribution in [2.45, 2.75) is 30.4 Å². The molecule has 24 heavy (non-hydrogen) atoms. The summed E-state index contributed by atoms with van der Waals surface area (Å²) in [7, 11) is 0. The molecule has 1 aromatic heterocycles. The lowest BCUT2D eigenvalue weighted by molar-refractivity contribution is 0.0647. The minimum Gasteiger partial charge on any atom is -0.396 e. The van der Waals surface area contributed by atoms with Gasteiger partial charge in [0, 0.05) is 30.7 Å². The second-order valence-corrected chi connectivity index (χ2v) is 7.15. The molecule has 1 amide bonds. The van der Waals surface area contributed by atoms with Crippen LogP contribution in [0.2, 0.25) is 0 Å². The van der Waals surface area contributed by atoms with Gasteiger partial charge in [-0.25, -0.2) is 0 Å². The number of rotatable bonds is 5. The number of aliphatic hydroxyl groups is 1. The topological polar surface area (TPSA) is 66.6 Å². The van der Waals surface area contributed by atoms with E-state index in [2.05, 4.69) is 5.16 Å². The Hall–Kier alpha value is -1.79. The highest BCUT2D eigenvalue weighted by atomic mass is 32.2. The number of aryl methyl sites for hydroxylation is 1. The van der Waals surface area contributed by atoms with Gasteiger partial charge in [-0.3, -0.25) is 4.79 Å². The molecule has 0 unspecified atom stereocenters. The van der Waals surface area contributed by atoms with Gasteiger partial charge in [0.15, 0.2) is 0 Å². The first-order valence-corrected chi connectivity index (χ1v) is 9.20. The largest absolute Gasteiger partial charge is 0.396 e. The molecule has 1 aliphatic rings. The van der Waals surface area contributed by atoms with Crippen LogP contribution in [-0.2, 0) is 5.75 Å². The average Bonchev–Trinajstić information content (AvgIpc) is 3.05. The predicted octanol–water partition coefficient (Wildman–Crippen LogP) is 3.12. The number of hydrogen-bond donors (Lipinski definition) is 1. The third-order valence-corrected chi connectivity index (χ3v) is 5.42. The lowest BCUT2D eigenvalue weighted by Gasteiger charge is -2.31. The number of carbonyl (C=O) groups excluding carboxylic acids is 1. The summed E-state index contributed by atoms with van der Waals surface area (Å²) >= 11 is 1.59. The molecule has 1 saturated heterocycles. The van der Waals surface area contributed by atoms with Gasteiger partial charge in [0.2, 0.25) is 0 Å². The van der Waals surface area contributed by atoms with E-state index in [0.717, 1.165) is 34.8 Å². The van der Waals surface area contributed by atoms with Gasteiger partial charge in [-0.1, -0.05) is 17.3 Å². The number of carbonyl (C=O) groups is 1. The van der Waals surface area contributed by atoms with Gasteiger partial charge in [0.05, 0.1) is 17.0 Å². The summed E-state index contributed by atoms with van der Waals surface area (Å²) in [6.45, 7) is 3.53. The molecule has 128 valence electrons. The Kier molecular flexibility index (Phi) is 5.58. The fourth-order valence-electron chi connectivity index (χ4n) is 2.89. The molecule has 2 heterocycles. The van der Waals surface area contributed by atoms with Crippen molar-refractivity contribution in [2.75, 3.05) is 19.7 Å². The number of aliphatic hydroxyl groups excluding tert-OH is 1. The van der Waals surface area contributed by atoms with E-state index in [0.29, 0.717) is 24.8 Å². The molecule has 0 aliphatic carbocycles. The van der Waals surface area contributed by atoms with Gasteiger partial charge in [-0.2, -0.15) is 0 Å². The quantitative estimate of drug-likeness (QED) is 0.843. The number of thioether (sulfide) groups is 1. The standard InChI is InChI=1S/C18H22N2O3S/c1-13-10-15(23-19-13)12-24-17-5-3-2-4-16(17)18(22)20-8-6-14(11-21)7-9-20/h2-5,10,14,21H,6-9,11-12H2,1H3. The first-order valence-electron chi connectivity index (χ1n) is 8.21. The van der Waals surface area contributed by atoms with Crippen LogP contribution in [0, 0.1) is 12.8 Å². The lowest BCUT2D eigenvalue weighted by Crippen LogP contribution is -2.39. The summed E-state index contributed by atoms with van der Waals surface area (Å²) in [4.78, 5) is 15.7. The summed E-state index contributed by atoms with van der Waals surface area (Å²) in [6, 6.07) is 9.62. The predicted molar refractivity (Wildman–Crippen MR) is 93.0 cm³/mol. The van der Waals surface area contributed by atoms with Gasteiger partial charge in [0.1, 0.15) is 5.76 Å². The van der Waals surface area contributed by atoms with Crippen LogP contribution in [-0.4, -0.2) is 40.8 Å². The van der Waals surface area contributed by atoms with Crippen molar-refractivity contribution in [3.8, 4) is 0 Å². The van der Waals surface area contributed by atoms with Crippen molar-refractivity contribution in [2.24, 2.45) is 5.92 Å². The Morgan fingerprint density at radius 3 is 2.79 bits per heavy atom. The Labute approximate surface area is 146 Å². The van der Waals surface area contributed by atoms with Crippen LogP contribution in [0.15, 0.2) is 39.8 Å². The van der Waals surface area contributed by atoms with E-state index in [1.165, 1.54) is 0 Å². The van der Waals surface area contributed by atoms with Gasteiger partial charge >= 0.3 is 0 Å². The van der Waals surface area contributed by atoms with Crippen molar-refractivity contribution in [1.82, 2.24) is 10.1 Å². The second-order valence-electron chi connectivity index (χ2n) is 6.14. The highest BCUT2D eigenvalue weighted by molar-refractivity contribution is 7.98. The van der Waals surface area contributed by atoms with E-state index < -0.39 is 0 Å². The van der Waals surface area contributed by atoms with Gasteiger partial charge in [-0.05, 0) is 37.8 Å². The van der Waals surface area contributed by atoms with Gasteiger partial charge in [-0.15, -0.1) is 11.8 Å². The smallest absolute Gasteiger partial charge is 0.254 e. The van der Waals surface area contributed by atoms with Crippen LogP contribution in [0.4, 0.5) is 0 Å². The van der Waals surface area contributed by atoms with Crippen LogP contribution < -0.4 is 0 Å². The Morgan fingerprint density at radius 2 is 2.12 bits per heavy atom. The first kappa shape index (κ1) is 17.0. The highest BCUT2D eigenvalue weighted by Gasteiger charge is 2.24. The lowest BCUT2D eigenvalue weighted by atomic mass is 9.97. The molecule has 0 spiro atoms. The molecule has 5 nitrogen and oxygen atoms in total. The maximum Gasteiger partial charge on any atom is 0.254 e. The summed E-state index contributed by atoms with van der Waals surface area (Å²) < 4.78 is 5.24. The zero-order valence-electron chi connectivity index (χ0n) is 13.8. The van der Waals surface area contributed by atoms with E-state index in [4.69, 9.17) is 4.52 Å². The highest BCUT2D eigenvalue weighted by Crippen LogP contribution is 2.28. The molecule has 0 radical (unpaired) electrons. The summed E-state index contributed by atoms with van der Waals surface area (Å²) in [6.07, 6.45) is 1.74. The van der Waals surface area contributed by atoms with Crippen molar-refractivity contribution < 1.29 is 14.4 Å². The van der Waals surface area contributed by atoms with E-state index in [9.17, 15) is 9.90 Å². The van der Waals surface area contributed by atoms with E-state index in [1.54, 1.807) is 11.8 Å². The number of hydrogen-bond acceptors (Lipinski definition) is 5. The molecule has 0 saturated carbocycles. The summed E-state index contributed by atoms with van der Waals surface area (Å²) in [5, 5.41) is 13.1. The second kappa shape index (κ2) is 7.85. The first-order chi connectivity index (χ1) is 11.7. The molecular formula is C18H22N2O3S. The maximum absolute atomic E-state index is 12.8. The number of aromatic nitrogens is 1. The SMILES string of the molecule is Cc1cc(CSc2ccccc2C(=O)N2CCC(CO)CC2)on1. The zero-order chi connectivity index (χ0) is 16.9. The molecule has 0 bridgehead atoms. The minimum atomic E-state index is 0.0724. The average molecular weight is 346 g/mol. The Bertz CT molecular complexity index is 693. The monoisotopic (exact) mass is 346 g/mol. The third-order valence-electron chi connectivity index (χ3n) is 4.32. The number of piperidine rings is 1. The molecule has 1 aromatic carbocycles. The zero-order valence-corrected chi connectivity index (χ0v) is 14.6. The van der Waals surface area contributed by atoms with Crippen molar-refractivity contribution in [3.05, 3.63) is 47.3 Å². The van der Waals surface area contributed by atoms with Crippen LogP contribution in [0.3, 0.4) is 0 Å². The third kappa shape index (κ3) is 3.99. The van der Waals surface area contributed by atoms with Crippen LogP contribution in [0.1, 0.15) is 34.7 Å². The molecular weight excluding hydrogens is 324 g/mol. The molecule has 1 aliphatic heterocycles. The van der Waals surface area contributed by atoms with Crippen molar-refractivity contribution in [3.63, 3.8) is 0 Å².